The van der Waals surface area contributed by atoms with Crippen molar-refractivity contribution in [2.75, 3.05) is 0 Å². The molecule has 3 N–H and O–H groups in total. The molecule has 9 nitrogen and oxygen atoms in total. The summed E-state index contributed by atoms with van der Waals surface area (Å²) in [6.45, 7) is 1.69. The molecular weight excluding hydrogens is 363 g/mol. The van der Waals surface area contributed by atoms with E-state index in [1.165, 1.54) is 6.07 Å². The van der Waals surface area contributed by atoms with E-state index in [2.05, 4.69) is 25.7 Å². The number of carbonyl (C=O) groups is 1. The number of imidazole rings is 1. The number of nitrogens with one attached hydrogen (secondary N) is 1. The minimum Gasteiger partial charge on any atom is -0.350 e. The number of amides is 2. The number of carbonyl (C=O) groups excluding carboxylic acids is 1. The number of primary amides is 1. The lowest BCUT2D eigenvalue weighted by atomic mass is 10.1. The lowest BCUT2D eigenvalue weighted by Gasteiger charge is -2.06. The molecule has 142 valence electrons. The summed E-state index contributed by atoms with van der Waals surface area (Å²) < 4.78 is 17.9. The van der Waals surface area contributed by atoms with Crippen LogP contribution in [0.15, 0.2) is 41.8 Å². The summed E-state index contributed by atoms with van der Waals surface area (Å²) >= 11 is 0. The molecule has 3 heterocycles. The second kappa shape index (κ2) is 6.72. The monoisotopic (exact) mass is 380 g/mol. The summed E-state index contributed by atoms with van der Waals surface area (Å²) in [5.74, 6) is -0.314. The molecule has 3 aromatic heterocycles. The van der Waals surface area contributed by atoms with Crippen molar-refractivity contribution in [3.63, 3.8) is 0 Å². The second-order valence-corrected chi connectivity index (χ2v) is 6.36. The number of urea groups is 1. The highest BCUT2D eigenvalue weighted by molar-refractivity contribution is 5.97. The van der Waals surface area contributed by atoms with E-state index < -0.39 is 6.03 Å². The van der Waals surface area contributed by atoms with Gasteiger partial charge in [-0.3, -0.25) is 4.68 Å². The largest absolute Gasteiger partial charge is 0.350 e. The topological polar surface area (TPSA) is 115 Å². The maximum absolute atomic E-state index is 14.6. The Morgan fingerprint density at radius 1 is 1.32 bits per heavy atom. The number of aromatic nitrogens is 5. The van der Waals surface area contributed by atoms with Crippen LogP contribution in [0.5, 0.6) is 0 Å². The summed E-state index contributed by atoms with van der Waals surface area (Å²) in [5, 5.41) is 13.4. The molecule has 4 aromatic rings. The minimum absolute atomic E-state index is 0.310. The third-order valence-electron chi connectivity index (χ3n) is 4.42. The number of benzene rings is 1. The summed E-state index contributed by atoms with van der Waals surface area (Å²) in [6.07, 6.45) is 3.67. The van der Waals surface area contributed by atoms with Crippen molar-refractivity contribution >= 4 is 28.3 Å². The molecule has 10 heteroatoms. The molecule has 0 saturated heterocycles. The Kier molecular flexibility index (Phi) is 4.22. The highest BCUT2D eigenvalue weighted by Gasteiger charge is 2.13. The number of halogens is 1. The van der Waals surface area contributed by atoms with Gasteiger partial charge in [0.05, 0.1) is 29.3 Å². The van der Waals surface area contributed by atoms with Gasteiger partial charge in [-0.25, -0.2) is 24.1 Å². The first-order chi connectivity index (χ1) is 13.4. The maximum atomic E-state index is 14.6. The fourth-order valence-electron chi connectivity index (χ4n) is 2.98. The summed E-state index contributed by atoms with van der Waals surface area (Å²) in [4.78, 5) is 15.1. The van der Waals surface area contributed by atoms with Crippen molar-refractivity contribution in [2.24, 2.45) is 17.9 Å². The SMILES string of the molecule is C/C(=N/NC(N)=O)c1ccc2ncc(Cc3cc4cnn(C)c4cc3F)n2n1. The van der Waals surface area contributed by atoms with Crippen LogP contribution in [0, 0.1) is 5.82 Å². The fraction of sp³-hybridized carbons (Fsp3) is 0.167. The Balaban J connectivity index is 1.71. The maximum Gasteiger partial charge on any atom is 0.332 e. The fourth-order valence-corrected chi connectivity index (χ4v) is 2.98. The van der Waals surface area contributed by atoms with E-state index in [9.17, 15) is 9.18 Å². The summed E-state index contributed by atoms with van der Waals surface area (Å²) in [6, 6.07) is 6.01. The van der Waals surface area contributed by atoms with Crippen LogP contribution in [0.3, 0.4) is 0 Å². The van der Waals surface area contributed by atoms with E-state index in [1.54, 1.807) is 53.8 Å². The number of fused-ring (bicyclic) bond motifs is 2. The van der Waals surface area contributed by atoms with Crippen molar-refractivity contribution in [2.45, 2.75) is 13.3 Å². The van der Waals surface area contributed by atoms with Crippen molar-refractivity contribution in [1.29, 1.82) is 0 Å². The standard InChI is InChI=1S/C18H17FN8O/c1-10(23-24-18(20)28)15-3-4-17-21-9-13(27(17)25-15)6-11-5-12-8-22-26(2)16(12)7-14(11)19/h3-5,7-9H,6H2,1-2H3,(H3,20,24,28)/b23-10-. The average molecular weight is 380 g/mol. The molecule has 28 heavy (non-hydrogen) atoms. The van der Waals surface area contributed by atoms with Gasteiger partial charge in [0.15, 0.2) is 5.65 Å². The Morgan fingerprint density at radius 3 is 2.93 bits per heavy atom. The number of nitrogens with zero attached hydrogens (tertiary/aromatic N) is 6. The quantitative estimate of drug-likeness (QED) is 0.414. The second-order valence-electron chi connectivity index (χ2n) is 6.36. The van der Waals surface area contributed by atoms with E-state index >= 15 is 0 Å². The van der Waals surface area contributed by atoms with E-state index in [-0.39, 0.29) is 5.82 Å². The first-order valence-corrected chi connectivity index (χ1v) is 8.46. The highest BCUT2D eigenvalue weighted by Crippen LogP contribution is 2.21. The predicted molar refractivity (Wildman–Crippen MR) is 101 cm³/mol. The highest BCUT2D eigenvalue weighted by atomic mass is 19.1. The van der Waals surface area contributed by atoms with Crippen LogP contribution in [0.2, 0.25) is 0 Å². The van der Waals surface area contributed by atoms with Gasteiger partial charge in [0.25, 0.3) is 0 Å². The number of nitrogens with two attached hydrogens (primary N) is 1. The molecule has 0 spiro atoms. The Hall–Kier alpha value is -3.82. The van der Waals surface area contributed by atoms with Gasteiger partial charge in [0.1, 0.15) is 11.5 Å². The van der Waals surface area contributed by atoms with Gasteiger partial charge in [-0.05, 0) is 30.7 Å². The number of aryl methyl sites for hydroxylation is 1. The van der Waals surface area contributed by atoms with Crippen LogP contribution in [-0.2, 0) is 13.5 Å². The van der Waals surface area contributed by atoms with Gasteiger partial charge in [0, 0.05) is 24.9 Å². The number of hydrogen-bond donors (Lipinski definition) is 2. The molecular formula is C18H17FN8O. The van der Waals surface area contributed by atoms with Crippen LogP contribution in [0.4, 0.5) is 9.18 Å². The normalized spacial score (nSPS) is 12.0. The first-order valence-electron chi connectivity index (χ1n) is 8.46. The Morgan fingerprint density at radius 2 is 2.14 bits per heavy atom. The van der Waals surface area contributed by atoms with Crippen LogP contribution in [0.25, 0.3) is 16.6 Å². The van der Waals surface area contributed by atoms with Crippen molar-refractivity contribution in [1.82, 2.24) is 29.8 Å². The zero-order chi connectivity index (χ0) is 19.8. The predicted octanol–water partition coefficient (Wildman–Crippen LogP) is 1.74. The molecule has 2 amide bonds. The molecule has 0 saturated carbocycles. The average Bonchev–Trinajstić information content (AvgIpc) is 3.23. The minimum atomic E-state index is -0.759. The van der Waals surface area contributed by atoms with E-state index in [1.807, 2.05) is 0 Å². The Labute approximate surface area is 158 Å². The molecule has 1 aromatic carbocycles. The third kappa shape index (κ3) is 3.15. The van der Waals surface area contributed by atoms with E-state index in [0.29, 0.717) is 29.0 Å². The van der Waals surface area contributed by atoms with Gasteiger partial charge in [0.2, 0.25) is 0 Å². The van der Waals surface area contributed by atoms with Crippen LogP contribution >= 0.6 is 0 Å². The summed E-state index contributed by atoms with van der Waals surface area (Å²) in [7, 11) is 1.77. The molecule has 0 aliphatic carbocycles. The number of hydrogen-bond acceptors (Lipinski definition) is 5. The van der Waals surface area contributed by atoms with Crippen LogP contribution in [0.1, 0.15) is 23.9 Å². The summed E-state index contributed by atoms with van der Waals surface area (Å²) in [5.41, 5.74) is 10.8. The van der Waals surface area contributed by atoms with Crippen molar-refractivity contribution < 1.29 is 9.18 Å². The molecule has 0 unspecified atom stereocenters. The lowest BCUT2D eigenvalue weighted by Crippen LogP contribution is -2.25. The van der Waals surface area contributed by atoms with Crippen LogP contribution in [-0.4, -0.2) is 36.1 Å². The van der Waals surface area contributed by atoms with Gasteiger partial charge in [-0.1, -0.05) is 0 Å². The first kappa shape index (κ1) is 17.6. The van der Waals surface area contributed by atoms with E-state index in [4.69, 9.17) is 5.73 Å². The van der Waals surface area contributed by atoms with Gasteiger partial charge in [-0.2, -0.15) is 15.3 Å². The molecule has 0 radical (unpaired) electrons. The van der Waals surface area contributed by atoms with Crippen LogP contribution < -0.4 is 11.2 Å². The van der Waals surface area contributed by atoms with Crippen molar-refractivity contribution in [3.8, 4) is 0 Å². The van der Waals surface area contributed by atoms with Gasteiger partial charge in [-0.15, -0.1) is 0 Å². The molecule has 0 atom stereocenters. The number of hydrazone groups is 1. The van der Waals surface area contributed by atoms with Gasteiger partial charge < -0.3 is 5.73 Å². The third-order valence-corrected chi connectivity index (χ3v) is 4.42. The zero-order valence-electron chi connectivity index (χ0n) is 15.2. The smallest absolute Gasteiger partial charge is 0.332 e. The zero-order valence-corrected chi connectivity index (χ0v) is 15.2. The molecule has 4 rings (SSSR count). The van der Waals surface area contributed by atoms with E-state index in [0.717, 1.165) is 16.6 Å². The van der Waals surface area contributed by atoms with Crippen molar-refractivity contribution in [3.05, 3.63) is 59.4 Å². The number of rotatable bonds is 4. The van der Waals surface area contributed by atoms with Gasteiger partial charge >= 0.3 is 6.03 Å². The lowest BCUT2D eigenvalue weighted by molar-refractivity contribution is 0.249. The molecule has 0 fully saturated rings. The molecule has 0 bridgehead atoms. The molecule has 0 aliphatic heterocycles. The Bertz CT molecular complexity index is 1240. The molecule has 0 aliphatic rings.